The Balaban J connectivity index is 2.00. The van der Waals surface area contributed by atoms with E-state index in [1.54, 1.807) is 6.07 Å². The SMILES string of the molecule is O=C(NC1=COCO1)Nc1cccc(Cl)c1O. The number of ether oxygens (including phenoxy) is 2. The highest BCUT2D eigenvalue weighted by atomic mass is 35.5. The Morgan fingerprint density at radius 1 is 1.41 bits per heavy atom. The van der Waals surface area contributed by atoms with Crippen molar-refractivity contribution in [2.24, 2.45) is 0 Å². The number of halogens is 1. The van der Waals surface area contributed by atoms with E-state index in [1.165, 1.54) is 18.4 Å². The number of benzene rings is 1. The summed E-state index contributed by atoms with van der Waals surface area (Å²) in [5.41, 5.74) is 0.203. The van der Waals surface area contributed by atoms with Crippen LogP contribution in [0.15, 0.2) is 30.3 Å². The first kappa shape index (κ1) is 11.4. The van der Waals surface area contributed by atoms with E-state index in [1.807, 2.05) is 0 Å². The van der Waals surface area contributed by atoms with Crippen LogP contribution in [0.4, 0.5) is 10.5 Å². The lowest BCUT2D eigenvalue weighted by atomic mass is 10.3. The minimum atomic E-state index is -0.570. The summed E-state index contributed by atoms with van der Waals surface area (Å²) in [5.74, 6) is 0.00547. The Morgan fingerprint density at radius 3 is 2.94 bits per heavy atom. The summed E-state index contributed by atoms with van der Waals surface area (Å²) in [6.45, 7) is 0.0675. The molecule has 90 valence electrons. The van der Waals surface area contributed by atoms with E-state index < -0.39 is 6.03 Å². The van der Waals surface area contributed by atoms with E-state index in [4.69, 9.17) is 21.1 Å². The molecule has 7 heteroatoms. The largest absolute Gasteiger partial charge is 0.504 e. The number of carbonyl (C=O) groups excluding carboxylic acids is 1. The van der Waals surface area contributed by atoms with Crippen LogP contribution in [0.1, 0.15) is 0 Å². The topological polar surface area (TPSA) is 79.8 Å². The number of anilines is 1. The van der Waals surface area contributed by atoms with E-state index >= 15 is 0 Å². The highest BCUT2D eigenvalue weighted by Gasteiger charge is 2.12. The highest BCUT2D eigenvalue weighted by molar-refractivity contribution is 6.32. The average Bonchev–Trinajstić information content (AvgIpc) is 2.77. The number of nitrogens with one attached hydrogen (secondary N) is 2. The summed E-state index contributed by atoms with van der Waals surface area (Å²) in [6, 6.07) is 4.06. The van der Waals surface area contributed by atoms with Gasteiger partial charge in [0.15, 0.2) is 5.75 Å². The number of urea groups is 1. The number of rotatable bonds is 2. The third kappa shape index (κ3) is 2.73. The maximum Gasteiger partial charge on any atom is 0.326 e. The first-order valence-corrected chi connectivity index (χ1v) is 5.04. The molecular weight excluding hydrogens is 248 g/mol. The molecule has 1 heterocycles. The lowest BCUT2D eigenvalue weighted by molar-refractivity contribution is 0.0761. The van der Waals surface area contributed by atoms with Gasteiger partial charge in [-0.05, 0) is 12.1 Å². The van der Waals surface area contributed by atoms with Crippen LogP contribution >= 0.6 is 11.6 Å². The Labute approximate surface area is 102 Å². The summed E-state index contributed by atoms with van der Waals surface area (Å²) >= 11 is 5.69. The smallest absolute Gasteiger partial charge is 0.326 e. The van der Waals surface area contributed by atoms with Crippen LogP contribution in [0.25, 0.3) is 0 Å². The standard InChI is InChI=1S/C10H9ClN2O4/c11-6-2-1-3-7(9(6)14)12-10(15)13-8-4-16-5-17-8/h1-4,14H,5H2,(H2,12,13,15). The third-order valence-corrected chi connectivity index (χ3v) is 2.25. The van der Waals surface area contributed by atoms with Crippen LogP contribution in [0.2, 0.25) is 5.02 Å². The molecule has 0 atom stereocenters. The molecule has 0 spiro atoms. The van der Waals surface area contributed by atoms with E-state index in [0.29, 0.717) is 0 Å². The molecule has 2 rings (SSSR count). The number of carbonyl (C=O) groups is 1. The maximum absolute atomic E-state index is 11.5. The number of amides is 2. The average molecular weight is 257 g/mol. The Bertz CT molecular complexity index is 475. The Hall–Kier alpha value is -2.08. The van der Waals surface area contributed by atoms with Crippen LogP contribution in [0.5, 0.6) is 5.75 Å². The van der Waals surface area contributed by atoms with Crippen molar-refractivity contribution in [3.05, 3.63) is 35.4 Å². The van der Waals surface area contributed by atoms with Crippen LogP contribution in [-0.4, -0.2) is 17.9 Å². The second-order valence-corrected chi connectivity index (χ2v) is 3.53. The van der Waals surface area contributed by atoms with Crippen molar-refractivity contribution in [3.63, 3.8) is 0 Å². The van der Waals surface area contributed by atoms with Crippen LogP contribution < -0.4 is 10.6 Å². The predicted molar refractivity (Wildman–Crippen MR) is 60.4 cm³/mol. The molecule has 0 fully saturated rings. The van der Waals surface area contributed by atoms with E-state index in [0.717, 1.165) is 0 Å². The normalized spacial score (nSPS) is 13.4. The van der Waals surface area contributed by atoms with E-state index in [-0.39, 0.29) is 29.1 Å². The van der Waals surface area contributed by atoms with Crippen molar-refractivity contribution in [1.82, 2.24) is 5.32 Å². The molecule has 1 aliphatic rings. The maximum atomic E-state index is 11.5. The molecule has 0 radical (unpaired) electrons. The lowest BCUT2D eigenvalue weighted by Crippen LogP contribution is -2.28. The van der Waals surface area contributed by atoms with Gasteiger partial charge in [-0.15, -0.1) is 0 Å². The van der Waals surface area contributed by atoms with Crippen molar-refractivity contribution in [2.45, 2.75) is 0 Å². The van der Waals surface area contributed by atoms with Crippen molar-refractivity contribution in [1.29, 1.82) is 0 Å². The van der Waals surface area contributed by atoms with Gasteiger partial charge in [0.1, 0.15) is 6.26 Å². The summed E-state index contributed by atoms with van der Waals surface area (Å²) in [4.78, 5) is 11.5. The van der Waals surface area contributed by atoms with Gasteiger partial charge < -0.3 is 19.9 Å². The zero-order chi connectivity index (χ0) is 12.3. The predicted octanol–water partition coefficient (Wildman–Crippen LogP) is 1.97. The molecule has 0 aromatic heterocycles. The molecular formula is C10H9ClN2O4. The number of hydrogen-bond acceptors (Lipinski definition) is 4. The van der Waals surface area contributed by atoms with Crippen molar-refractivity contribution in [2.75, 3.05) is 12.1 Å². The van der Waals surface area contributed by atoms with Crippen molar-refractivity contribution >= 4 is 23.3 Å². The van der Waals surface area contributed by atoms with Gasteiger partial charge in [-0.1, -0.05) is 17.7 Å². The summed E-state index contributed by atoms with van der Waals surface area (Å²) < 4.78 is 9.65. The van der Waals surface area contributed by atoms with Gasteiger partial charge in [-0.3, -0.25) is 5.32 Å². The molecule has 0 saturated heterocycles. The molecule has 0 saturated carbocycles. The van der Waals surface area contributed by atoms with Crippen molar-refractivity contribution in [3.8, 4) is 5.75 Å². The molecule has 6 nitrogen and oxygen atoms in total. The number of phenolic OH excluding ortho intramolecular Hbond substituents is 1. The summed E-state index contributed by atoms with van der Waals surface area (Å²) in [6.07, 6.45) is 1.28. The molecule has 1 aromatic carbocycles. The molecule has 1 aliphatic heterocycles. The zero-order valence-electron chi connectivity index (χ0n) is 8.57. The number of hydrogen-bond donors (Lipinski definition) is 3. The van der Waals surface area contributed by atoms with Gasteiger partial charge in [0, 0.05) is 0 Å². The molecule has 0 aliphatic carbocycles. The molecule has 2 amide bonds. The Kier molecular flexibility index (Phi) is 3.24. The fourth-order valence-corrected chi connectivity index (χ4v) is 1.36. The molecule has 0 unspecified atom stereocenters. The van der Waals surface area contributed by atoms with Gasteiger partial charge in [0.25, 0.3) is 0 Å². The third-order valence-electron chi connectivity index (χ3n) is 1.94. The second-order valence-electron chi connectivity index (χ2n) is 3.13. The number of para-hydroxylation sites is 1. The molecule has 0 bridgehead atoms. The Morgan fingerprint density at radius 2 is 2.24 bits per heavy atom. The van der Waals surface area contributed by atoms with Gasteiger partial charge in [0.05, 0.1) is 10.7 Å². The monoisotopic (exact) mass is 256 g/mol. The first-order valence-electron chi connectivity index (χ1n) is 4.67. The number of aromatic hydroxyl groups is 1. The van der Waals surface area contributed by atoms with Crippen LogP contribution in [-0.2, 0) is 9.47 Å². The van der Waals surface area contributed by atoms with Crippen LogP contribution in [0.3, 0.4) is 0 Å². The van der Waals surface area contributed by atoms with Gasteiger partial charge >= 0.3 is 6.03 Å². The summed E-state index contributed by atoms with van der Waals surface area (Å²) in [5, 5.41) is 14.5. The van der Waals surface area contributed by atoms with Crippen molar-refractivity contribution < 1.29 is 19.4 Å². The minimum absolute atomic E-state index is 0.0675. The highest BCUT2D eigenvalue weighted by Crippen LogP contribution is 2.30. The van der Waals surface area contributed by atoms with Crippen LogP contribution in [0, 0.1) is 0 Å². The van der Waals surface area contributed by atoms with Gasteiger partial charge in [0.2, 0.25) is 12.7 Å². The van der Waals surface area contributed by atoms with Gasteiger partial charge in [-0.25, -0.2) is 4.79 Å². The van der Waals surface area contributed by atoms with E-state index in [2.05, 4.69) is 10.6 Å². The fourth-order valence-electron chi connectivity index (χ4n) is 1.19. The molecule has 3 N–H and O–H groups in total. The zero-order valence-corrected chi connectivity index (χ0v) is 9.32. The quantitative estimate of drug-likeness (QED) is 0.707. The lowest BCUT2D eigenvalue weighted by Gasteiger charge is -2.09. The fraction of sp³-hybridized carbons (Fsp3) is 0.100. The van der Waals surface area contributed by atoms with Gasteiger partial charge in [-0.2, -0.15) is 0 Å². The second kappa shape index (κ2) is 4.84. The molecule has 1 aromatic rings. The minimum Gasteiger partial charge on any atom is -0.504 e. The molecule has 17 heavy (non-hydrogen) atoms. The summed E-state index contributed by atoms with van der Waals surface area (Å²) in [7, 11) is 0. The first-order chi connectivity index (χ1) is 8.16. The van der Waals surface area contributed by atoms with E-state index in [9.17, 15) is 9.90 Å². The number of phenols is 1.